The number of anilines is 3. The molecule has 6 rings (SSSR count). The Bertz CT molecular complexity index is 1860. The minimum Gasteiger partial charge on any atom is -0.382 e. The summed E-state index contributed by atoms with van der Waals surface area (Å²) >= 11 is 0. The lowest BCUT2D eigenvalue weighted by Gasteiger charge is -2.32. The summed E-state index contributed by atoms with van der Waals surface area (Å²) in [6.07, 6.45) is 5.65. The van der Waals surface area contributed by atoms with Crippen LogP contribution >= 0.6 is 0 Å². The standard InChI is InChI=1S/C33H34N8O3/c1-21-29(33(43)41(39(21)2)25-7-5-4-6-8-25)32(42)37-24-11-9-22(10-12-24)30-31(34)36-20-27(38-30)23-13-16-35-28(19-23)40-17-14-26(44-3)15-18-40/h4-13,16,19-20,26H,14-15,17-18H2,1-3H3,(H2,34,36)(H,37,42). The molecule has 3 N–H and O–H groups in total. The highest BCUT2D eigenvalue weighted by Gasteiger charge is 2.23. The minimum atomic E-state index is -0.480. The number of nitrogens with zero attached hydrogens (tertiary/aromatic N) is 6. The fourth-order valence-electron chi connectivity index (χ4n) is 5.56. The van der Waals surface area contributed by atoms with E-state index in [1.165, 1.54) is 4.68 Å². The van der Waals surface area contributed by atoms with Gasteiger partial charge in [-0.2, -0.15) is 0 Å². The fourth-order valence-corrected chi connectivity index (χ4v) is 5.56. The molecule has 224 valence electrons. The molecule has 1 aliphatic rings. The van der Waals surface area contributed by atoms with Crippen molar-refractivity contribution in [3.8, 4) is 28.2 Å². The number of nitrogen functional groups attached to an aromatic ring is 1. The van der Waals surface area contributed by atoms with E-state index in [4.69, 9.17) is 15.5 Å². The molecule has 0 bridgehead atoms. The highest BCUT2D eigenvalue weighted by atomic mass is 16.5. The lowest BCUT2D eigenvalue weighted by Crippen LogP contribution is -2.37. The summed E-state index contributed by atoms with van der Waals surface area (Å²) < 4.78 is 8.66. The SMILES string of the molecule is COC1CCN(c2cc(-c3cnc(N)c(-c4ccc(NC(=O)c5c(C)n(C)n(-c6ccccc6)c5=O)cc4)n3)ccn2)CC1. The van der Waals surface area contributed by atoms with Gasteiger partial charge in [0.25, 0.3) is 11.5 Å². The minimum absolute atomic E-state index is 0.0861. The number of rotatable bonds is 7. The lowest BCUT2D eigenvalue weighted by atomic mass is 10.1. The van der Waals surface area contributed by atoms with Crippen molar-refractivity contribution >= 4 is 23.2 Å². The molecule has 0 atom stereocenters. The first-order valence-corrected chi connectivity index (χ1v) is 14.5. The zero-order chi connectivity index (χ0) is 30.8. The molecule has 44 heavy (non-hydrogen) atoms. The molecule has 4 heterocycles. The molecule has 11 nitrogen and oxygen atoms in total. The van der Waals surface area contributed by atoms with Gasteiger partial charge in [0.2, 0.25) is 0 Å². The summed E-state index contributed by atoms with van der Waals surface area (Å²) in [6, 6.07) is 20.3. The van der Waals surface area contributed by atoms with Crippen LogP contribution in [0.1, 0.15) is 28.9 Å². The van der Waals surface area contributed by atoms with Crippen LogP contribution in [0.25, 0.3) is 28.2 Å². The van der Waals surface area contributed by atoms with Gasteiger partial charge in [0.05, 0.1) is 29.4 Å². The van der Waals surface area contributed by atoms with E-state index in [1.807, 2.05) is 54.6 Å². The number of para-hydroxylation sites is 1. The smallest absolute Gasteiger partial charge is 0.284 e. The van der Waals surface area contributed by atoms with E-state index in [9.17, 15) is 9.59 Å². The second kappa shape index (κ2) is 12.1. The van der Waals surface area contributed by atoms with Crippen molar-refractivity contribution < 1.29 is 9.53 Å². The zero-order valence-electron chi connectivity index (χ0n) is 24.9. The number of benzene rings is 2. The third-order valence-electron chi connectivity index (χ3n) is 8.14. The van der Waals surface area contributed by atoms with E-state index in [0.717, 1.165) is 42.9 Å². The number of hydrogen-bond acceptors (Lipinski definition) is 8. The van der Waals surface area contributed by atoms with Gasteiger partial charge in [0.1, 0.15) is 22.9 Å². The number of nitrogens with two attached hydrogens (primary N) is 1. The van der Waals surface area contributed by atoms with E-state index >= 15 is 0 Å². The molecule has 0 spiro atoms. The van der Waals surface area contributed by atoms with Crippen LogP contribution in [-0.2, 0) is 11.8 Å². The fraction of sp³-hybridized carbons (Fsp3) is 0.242. The van der Waals surface area contributed by atoms with Crippen LogP contribution in [0, 0.1) is 6.92 Å². The molecule has 3 aromatic heterocycles. The van der Waals surface area contributed by atoms with Gasteiger partial charge < -0.3 is 20.7 Å². The second-order valence-electron chi connectivity index (χ2n) is 10.8. The van der Waals surface area contributed by atoms with Crippen molar-refractivity contribution in [1.29, 1.82) is 0 Å². The maximum atomic E-state index is 13.2. The number of ether oxygens (including phenoxy) is 1. The molecule has 1 fully saturated rings. The number of pyridine rings is 1. The van der Waals surface area contributed by atoms with Gasteiger partial charge in [-0.05, 0) is 56.2 Å². The van der Waals surface area contributed by atoms with Crippen molar-refractivity contribution in [2.24, 2.45) is 7.05 Å². The number of carbonyl (C=O) groups excluding carboxylic acids is 1. The maximum Gasteiger partial charge on any atom is 0.284 e. The summed E-state index contributed by atoms with van der Waals surface area (Å²) in [4.78, 5) is 42.6. The zero-order valence-corrected chi connectivity index (χ0v) is 24.9. The highest BCUT2D eigenvalue weighted by molar-refractivity contribution is 6.05. The first-order chi connectivity index (χ1) is 21.3. The van der Waals surface area contributed by atoms with Crippen molar-refractivity contribution in [3.63, 3.8) is 0 Å². The molecule has 1 saturated heterocycles. The quantitative estimate of drug-likeness (QED) is 0.284. The molecule has 0 saturated carbocycles. The Labute approximate surface area is 255 Å². The molecule has 11 heteroatoms. The Kier molecular flexibility index (Phi) is 7.95. The number of piperidine rings is 1. The monoisotopic (exact) mass is 590 g/mol. The molecule has 5 aromatic rings. The first kappa shape index (κ1) is 28.8. The van der Waals surface area contributed by atoms with Gasteiger partial charge in [0.15, 0.2) is 0 Å². The number of amides is 1. The van der Waals surface area contributed by atoms with Crippen molar-refractivity contribution in [3.05, 3.63) is 101 Å². The number of carbonyl (C=O) groups is 1. The molecular weight excluding hydrogens is 556 g/mol. The van der Waals surface area contributed by atoms with Gasteiger partial charge in [-0.15, -0.1) is 0 Å². The largest absolute Gasteiger partial charge is 0.382 e. The van der Waals surface area contributed by atoms with Gasteiger partial charge >= 0.3 is 0 Å². The third-order valence-corrected chi connectivity index (χ3v) is 8.14. The summed E-state index contributed by atoms with van der Waals surface area (Å²) in [5.41, 5.74) is 10.6. The average Bonchev–Trinajstić information content (AvgIpc) is 3.29. The number of nitrogens with one attached hydrogen (secondary N) is 1. The molecule has 0 aliphatic carbocycles. The Balaban J connectivity index is 1.21. The molecular formula is C33H34N8O3. The van der Waals surface area contributed by atoms with Crippen molar-refractivity contribution in [2.75, 3.05) is 36.1 Å². The van der Waals surface area contributed by atoms with Gasteiger partial charge in [-0.1, -0.05) is 30.3 Å². The van der Waals surface area contributed by atoms with E-state index < -0.39 is 5.91 Å². The second-order valence-corrected chi connectivity index (χ2v) is 10.8. The van der Waals surface area contributed by atoms with Gasteiger partial charge in [-0.3, -0.25) is 14.3 Å². The first-order valence-electron chi connectivity index (χ1n) is 14.5. The number of aromatic nitrogens is 5. The normalized spacial score (nSPS) is 13.7. The number of methoxy groups -OCH3 is 1. The Morgan fingerprint density at radius 3 is 2.43 bits per heavy atom. The third kappa shape index (κ3) is 5.57. The molecule has 1 amide bonds. The van der Waals surface area contributed by atoms with Crippen LogP contribution in [0.2, 0.25) is 0 Å². The van der Waals surface area contributed by atoms with Crippen LogP contribution in [0.4, 0.5) is 17.3 Å². The van der Waals surface area contributed by atoms with Crippen LogP contribution in [0.3, 0.4) is 0 Å². The summed E-state index contributed by atoms with van der Waals surface area (Å²) in [7, 11) is 3.52. The van der Waals surface area contributed by atoms with Crippen molar-refractivity contribution in [2.45, 2.75) is 25.9 Å². The highest BCUT2D eigenvalue weighted by Crippen LogP contribution is 2.29. The summed E-state index contributed by atoms with van der Waals surface area (Å²) in [5, 5.41) is 2.85. The van der Waals surface area contributed by atoms with Crippen LogP contribution in [0.15, 0.2) is 83.9 Å². The van der Waals surface area contributed by atoms with Gasteiger partial charge in [0, 0.05) is 50.3 Å². The van der Waals surface area contributed by atoms with Crippen molar-refractivity contribution in [1.82, 2.24) is 24.3 Å². The molecule has 0 unspecified atom stereocenters. The number of hydrogen-bond donors (Lipinski definition) is 2. The van der Waals surface area contributed by atoms with Gasteiger partial charge in [-0.25, -0.2) is 19.6 Å². The molecule has 1 aliphatic heterocycles. The van der Waals surface area contributed by atoms with E-state index in [0.29, 0.717) is 34.3 Å². The van der Waals surface area contributed by atoms with E-state index in [-0.39, 0.29) is 17.2 Å². The van der Waals surface area contributed by atoms with Crippen LogP contribution in [-0.4, -0.2) is 56.5 Å². The molecule has 0 radical (unpaired) electrons. The predicted octanol–water partition coefficient (Wildman–Crippen LogP) is 4.45. The Morgan fingerprint density at radius 2 is 1.73 bits per heavy atom. The van der Waals surface area contributed by atoms with Crippen LogP contribution in [0.5, 0.6) is 0 Å². The molecule has 2 aromatic carbocycles. The average molecular weight is 591 g/mol. The lowest BCUT2D eigenvalue weighted by molar-refractivity contribution is 0.0818. The van der Waals surface area contributed by atoms with Crippen LogP contribution < -0.4 is 21.5 Å². The Hall–Kier alpha value is -5.29. The Morgan fingerprint density at radius 1 is 1.00 bits per heavy atom. The van der Waals surface area contributed by atoms with E-state index in [1.54, 1.807) is 50.3 Å². The summed E-state index contributed by atoms with van der Waals surface area (Å²) in [6.45, 7) is 3.51. The summed E-state index contributed by atoms with van der Waals surface area (Å²) in [5.74, 6) is 0.705. The van der Waals surface area contributed by atoms with E-state index in [2.05, 4.69) is 20.2 Å². The maximum absolute atomic E-state index is 13.2. The topological polar surface area (TPSA) is 133 Å². The predicted molar refractivity (Wildman–Crippen MR) is 171 cm³/mol.